The zero-order valence-corrected chi connectivity index (χ0v) is 20.8. The van der Waals surface area contributed by atoms with Crippen molar-refractivity contribution in [2.24, 2.45) is 0 Å². The van der Waals surface area contributed by atoms with Crippen molar-refractivity contribution in [1.82, 2.24) is 25.0 Å². The Morgan fingerprint density at radius 3 is 2.63 bits per heavy atom. The SMILES string of the molecule is CCCSc1nc(NC2(c3ccc(F)cc3)CC2)c2nnn(C3CC(O)C4OC(C)(C)OC43)c2n1. The monoisotopic (exact) mass is 500 g/mol. The number of hydrogen-bond acceptors (Lipinski definition) is 9. The molecule has 3 aromatic rings. The average molecular weight is 501 g/mol. The lowest BCUT2D eigenvalue weighted by Gasteiger charge is -2.22. The molecule has 1 saturated heterocycles. The highest BCUT2D eigenvalue weighted by Gasteiger charge is 2.55. The fourth-order valence-corrected chi connectivity index (χ4v) is 5.85. The van der Waals surface area contributed by atoms with Crippen LogP contribution in [-0.4, -0.2) is 59.9 Å². The van der Waals surface area contributed by atoms with Crippen LogP contribution < -0.4 is 5.32 Å². The number of hydrogen-bond donors (Lipinski definition) is 2. The van der Waals surface area contributed by atoms with E-state index in [1.807, 2.05) is 26.0 Å². The van der Waals surface area contributed by atoms with Crippen molar-refractivity contribution in [3.63, 3.8) is 0 Å². The third-order valence-electron chi connectivity index (χ3n) is 6.96. The van der Waals surface area contributed by atoms with Gasteiger partial charge in [0.1, 0.15) is 18.0 Å². The fraction of sp³-hybridized carbons (Fsp3) is 0.583. The molecule has 2 N–H and O–H groups in total. The number of ether oxygens (including phenoxy) is 2. The van der Waals surface area contributed by atoms with Gasteiger partial charge in [-0.05, 0) is 50.8 Å². The van der Waals surface area contributed by atoms with Crippen molar-refractivity contribution < 1.29 is 19.0 Å². The molecule has 35 heavy (non-hydrogen) atoms. The lowest BCUT2D eigenvalue weighted by Crippen LogP contribution is -2.29. The molecule has 2 aliphatic carbocycles. The van der Waals surface area contributed by atoms with Crippen LogP contribution in [0, 0.1) is 5.82 Å². The molecule has 9 nitrogen and oxygen atoms in total. The number of nitrogens with one attached hydrogen (secondary N) is 1. The predicted octanol–water partition coefficient (Wildman–Crippen LogP) is 3.79. The Morgan fingerprint density at radius 1 is 1.17 bits per heavy atom. The molecule has 1 aromatic carbocycles. The molecule has 186 valence electrons. The van der Waals surface area contributed by atoms with Crippen molar-refractivity contribution in [1.29, 1.82) is 0 Å². The standard InChI is InChI=1S/C24H29FN6O3S/c1-4-11-35-22-26-20(28-24(9-10-24)13-5-7-14(25)8-6-13)17-21(27-22)31(30-29-17)15-12-16(32)19-18(15)33-23(2,3)34-19/h5-8,15-16,18-19,32H,4,9-12H2,1-3H3,(H,26,27,28). The van der Waals surface area contributed by atoms with E-state index in [2.05, 4.69) is 22.6 Å². The summed E-state index contributed by atoms with van der Waals surface area (Å²) in [6.45, 7) is 5.81. The Balaban J connectivity index is 1.39. The fourth-order valence-electron chi connectivity index (χ4n) is 5.15. The molecule has 0 bridgehead atoms. The Morgan fingerprint density at radius 2 is 1.91 bits per heavy atom. The van der Waals surface area contributed by atoms with Crippen LogP contribution >= 0.6 is 11.8 Å². The molecule has 0 amide bonds. The van der Waals surface area contributed by atoms with Gasteiger partial charge in [-0.3, -0.25) is 0 Å². The summed E-state index contributed by atoms with van der Waals surface area (Å²) in [4.78, 5) is 9.61. The largest absolute Gasteiger partial charge is 0.390 e. The first-order valence-electron chi connectivity index (χ1n) is 12.1. The van der Waals surface area contributed by atoms with Crippen molar-refractivity contribution in [3.05, 3.63) is 35.6 Å². The van der Waals surface area contributed by atoms with Gasteiger partial charge in [-0.1, -0.05) is 36.0 Å². The topological polar surface area (TPSA) is 107 Å². The zero-order chi connectivity index (χ0) is 24.4. The summed E-state index contributed by atoms with van der Waals surface area (Å²) < 4.78 is 27.4. The number of rotatable bonds is 7. The lowest BCUT2D eigenvalue weighted by atomic mass is 10.0. The maximum Gasteiger partial charge on any atom is 0.191 e. The van der Waals surface area contributed by atoms with E-state index in [1.165, 1.54) is 12.1 Å². The van der Waals surface area contributed by atoms with Crippen LogP contribution in [0.1, 0.15) is 58.1 Å². The van der Waals surface area contributed by atoms with E-state index in [0.29, 0.717) is 28.6 Å². The highest BCUT2D eigenvalue weighted by atomic mass is 32.2. The molecule has 2 aromatic heterocycles. The van der Waals surface area contributed by atoms with Crippen LogP contribution in [0.4, 0.5) is 10.2 Å². The number of aliphatic hydroxyl groups is 1. The number of aliphatic hydroxyl groups excluding tert-OH is 1. The average Bonchev–Trinajstić information content (AvgIpc) is 3.22. The van der Waals surface area contributed by atoms with E-state index >= 15 is 0 Å². The first-order chi connectivity index (χ1) is 16.8. The summed E-state index contributed by atoms with van der Waals surface area (Å²) in [5.74, 6) is 0.463. The third kappa shape index (κ3) is 4.08. The molecule has 2 saturated carbocycles. The molecular weight excluding hydrogens is 471 g/mol. The lowest BCUT2D eigenvalue weighted by molar-refractivity contribution is -0.165. The van der Waals surface area contributed by atoms with Crippen LogP contribution in [0.25, 0.3) is 11.2 Å². The van der Waals surface area contributed by atoms with Gasteiger partial charge in [0.05, 0.1) is 17.7 Å². The van der Waals surface area contributed by atoms with Crippen LogP contribution in [0.2, 0.25) is 0 Å². The molecule has 3 aliphatic rings. The number of nitrogens with zero attached hydrogens (tertiary/aromatic N) is 5. The Labute approximate surface area is 206 Å². The summed E-state index contributed by atoms with van der Waals surface area (Å²) in [5.41, 5.74) is 1.87. The molecule has 4 atom stereocenters. The smallest absolute Gasteiger partial charge is 0.191 e. The van der Waals surface area contributed by atoms with Gasteiger partial charge in [0.2, 0.25) is 0 Å². The summed E-state index contributed by atoms with van der Waals surface area (Å²) >= 11 is 1.58. The van der Waals surface area contributed by atoms with E-state index in [1.54, 1.807) is 16.4 Å². The van der Waals surface area contributed by atoms with Crippen molar-refractivity contribution >= 4 is 28.7 Å². The first-order valence-corrected chi connectivity index (χ1v) is 13.1. The van der Waals surface area contributed by atoms with E-state index < -0.39 is 18.0 Å². The molecule has 3 fully saturated rings. The number of fused-ring (bicyclic) bond motifs is 2. The van der Waals surface area contributed by atoms with Gasteiger partial charge >= 0.3 is 0 Å². The summed E-state index contributed by atoms with van der Waals surface area (Å²) in [6, 6.07) is 6.34. The number of aromatic nitrogens is 5. The van der Waals surface area contributed by atoms with E-state index in [-0.39, 0.29) is 23.5 Å². The Bertz CT molecular complexity index is 1250. The van der Waals surface area contributed by atoms with Crippen molar-refractivity contribution in [2.45, 2.75) is 87.3 Å². The minimum absolute atomic E-state index is 0.256. The van der Waals surface area contributed by atoms with Gasteiger partial charge in [-0.15, -0.1) is 5.10 Å². The van der Waals surface area contributed by atoms with E-state index in [9.17, 15) is 9.50 Å². The molecule has 6 rings (SSSR count). The molecule has 0 radical (unpaired) electrons. The van der Waals surface area contributed by atoms with Gasteiger partial charge in [0, 0.05) is 12.2 Å². The summed E-state index contributed by atoms with van der Waals surface area (Å²) in [6.07, 6.45) is 1.82. The maximum atomic E-state index is 13.5. The zero-order valence-electron chi connectivity index (χ0n) is 19.9. The number of halogens is 1. The van der Waals surface area contributed by atoms with Crippen LogP contribution in [0.5, 0.6) is 0 Å². The van der Waals surface area contributed by atoms with E-state index in [4.69, 9.17) is 19.4 Å². The highest BCUT2D eigenvalue weighted by molar-refractivity contribution is 7.99. The van der Waals surface area contributed by atoms with E-state index in [0.717, 1.165) is 30.6 Å². The van der Waals surface area contributed by atoms with Crippen LogP contribution in [0.15, 0.2) is 29.4 Å². The quantitative estimate of drug-likeness (QED) is 0.370. The van der Waals surface area contributed by atoms with Gasteiger partial charge < -0.3 is 19.9 Å². The summed E-state index contributed by atoms with van der Waals surface area (Å²) in [5, 5.41) is 23.8. The molecular formula is C24H29FN6O3S. The minimum atomic E-state index is -0.775. The normalized spacial score (nSPS) is 28.4. The van der Waals surface area contributed by atoms with Crippen molar-refractivity contribution in [2.75, 3.05) is 11.1 Å². The second kappa shape index (κ2) is 8.36. The molecule has 4 unspecified atom stereocenters. The molecule has 11 heteroatoms. The number of benzene rings is 1. The molecule has 0 spiro atoms. The third-order valence-corrected chi connectivity index (χ3v) is 8.02. The Kier molecular flexibility index (Phi) is 5.51. The maximum absolute atomic E-state index is 13.5. The van der Waals surface area contributed by atoms with Gasteiger partial charge in [0.15, 0.2) is 27.9 Å². The second-order valence-electron chi connectivity index (χ2n) is 10.1. The molecule has 3 heterocycles. The number of thioether (sulfide) groups is 1. The predicted molar refractivity (Wildman–Crippen MR) is 129 cm³/mol. The van der Waals surface area contributed by atoms with Crippen LogP contribution in [0.3, 0.4) is 0 Å². The highest BCUT2D eigenvalue weighted by Crippen LogP contribution is 2.49. The minimum Gasteiger partial charge on any atom is -0.390 e. The second-order valence-corrected chi connectivity index (χ2v) is 11.1. The van der Waals surface area contributed by atoms with Gasteiger partial charge in [-0.25, -0.2) is 19.0 Å². The van der Waals surface area contributed by atoms with Gasteiger partial charge in [0.25, 0.3) is 0 Å². The van der Waals surface area contributed by atoms with Crippen molar-refractivity contribution in [3.8, 4) is 0 Å². The van der Waals surface area contributed by atoms with Crippen LogP contribution in [-0.2, 0) is 15.0 Å². The van der Waals surface area contributed by atoms with Gasteiger partial charge in [-0.2, -0.15) is 0 Å². The summed E-state index contributed by atoms with van der Waals surface area (Å²) in [7, 11) is 0. The Hall–Kier alpha value is -2.34. The first kappa shape index (κ1) is 23.1. The number of anilines is 1. The molecule has 1 aliphatic heterocycles.